The van der Waals surface area contributed by atoms with Gasteiger partial charge in [0.1, 0.15) is 23.4 Å². The van der Waals surface area contributed by atoms with E-state index in [2.05, 4.69) is 17.6 Å². The summed E-state index contributed by atoms with van der Waals surface area (Å²) in [7, 11) is 0. The van der Waals surface area contributed by atoms with Crippen molar-refractivity contribution in [1.29, 1.82) is 0 Å². The molecule has 0 unspecified atom stereocenters. The van der Waals surface area contributed by atoms with Gasteiger partial charge in [-0.3, -0.25) is 9.69 Å². The monoisotopic (exact) mass is 465 g/mol. The van der Waals surface area contributed by atoms with Crippen LogP contribution in [0.15, 0.2) is 59.0 Å². The Hall–Kier alpha value is -3.65. The zero-order chi connectivity index (χ0) is 24.1. The van der Waals surface area contributed by atoms with E-state index in [-0.39, 0.29) is 19.0 Å². The zero-order valence-corrected chi connectivity index (χ0v) is 19.3. The number of furan rings is 1. The fraction of sp³-hybridized carbons (Fsp3) is 0.308. The van der Waals surface area contributed by atoms with Gasteiger partial charge in [0.15, 0.2) is 0 Å². The Balaban J connectivity index is 1.36. The number of benzene rings is 2. The molecular weight excluding hydrogens is 437 g/mol. The van der Waals surface area contributed by atoms with Gasteiger partial charge >= 0.3 is 6.09 Å². The number of nitrogens with zero attached hydrogens (tertiary/aromatic N) is 1. The van der Waals surface area contributed by atoms with Crippen molar-refractivity contribution >= 4 is 17.7 Å². The Morgan fingerprint density at radius 2 is 1.85 bits per heavy atom. The number of carbonyl (C=O) groups is 2. The van der Waals surface area contributed by atoms with Crippen LogP contribution in [0.25, 0.3) is 11.1 Å². The molecule has 0 saturated carbocycles. The minimum atomic E-state index is -0.556. The van der Waals surface area contributed by atoms with Gasteiger partial charge in [0.2, 0.25) is 5.91 Å². The van der Waals surface area contributed by atoms with E-state index >= 15 is 0 Å². The van der Waals surface area contributed by atoms with Gasteiger partial charge in [-0.15, -0.1) is 0 Å². The van der Waals surface area contributed by atoms with Crippen LogP contribution in [-0.4, -0.2) is 31.2 Å². The van der Waals surface area contributed by atoms with Crippen LogP contribution in [0, 0.1) is 5.82 Å². The van der Waals surface area contributed by atoms with E-state index in [0.717, 1.165) is 29.1 Å². The van der Waals surface area contributed by atoms with E-state index in [1.807, 2.05) is 36.4 Å². The second kappa shape index (κ2) is 10.5. The molecular formula is C26H28FN3O4. The molecule has 4 rings (SSSR count). The molecule has 1 saturated heterocycles. The van der Waals surface area contributed by atoms with Gasteiger partial charge < -0.3 is 19.8 Å². The average Bonchev–Trinajstić information content (AvgIpc) is 3.44. The van der Waals surface area contributed by atoms with Crippen LogP contribution < -0.4 is 15.5 Å². The molecule has 0 radical (unpaired) electrons. The number of amides is 2. The molecule has 0 aliphatic carbocycles. The number of hydrogen-bond donors (Lipinski definition) is 2. The van der Waals surface area contributed by atoms with Gasteiger partial charge in [-0.2, -0.15) is 0 Å². The summed E-state index contributed by atoms with van der Waals surface area (Å²) in [6.45, 7) is 5.23. The summed E-state index contributed by atoms with van der Waals surface area (Å²) < 4.78 is 25.9. The molecule has 2 aromatic carbocycles. The fourth-order valence-corrected chi connectivity index (χ4v) is 3.84. The highest BCUT2D eigenvalue weighted by atomic mass is 19.1. The second-order valence-electron chi connectivity index (χ2n) is 8.24. The average molecular weight is 466 g/mol. The normalized spacial score (nSPS) is 15.4. The molecule has 1 fully saturated rings. The SMILES string of the molecule is CCc1ccc(CNCc2ccc(-c3ccc(N4C[C@H](CNC(C)=O)OC4=O)cc3F)cc2)o1. The largest absolute Gasteiger partial charge is 0.465 e. The summed E-state index contributed by atoms with van der Waals surface area (Å²) in [5, 5.41) is 5.97. The molecule has 0 bridgehead atoms. The predicted molar refractivity (Wildman–Crippen MR) is 127 cm³/mol. The van der Waals surface area contributed by atoms with E-state index in [0.29, 0.717) is 24.3 Å². The molecule has 1 aromatic heterocycles. The molecule has 8 heteroatoms. The van der Waals surface area contributed by atoms with Crippen LogP contribution in [0.2, 0.25) is 0 Å². The highest BCUT2D eigenvalue weighted by Gasteiger charge is 2.32. The first-order valence-corrected chi connectivity index (χ1v) is 11.3. The fourth-order valence-electron chi connectivity index (χ4n) is 3.84. The summed E-state index contributed by atoms with van der Waals surface area (Å²) in [6, 6.07) is 16.3. The van der Waals surface area contributed by atoms with Gasteiger partial charge in [0.05, 0.1) is 25.3 Å². The Morgan fingerprint density at radius 1 is 1.09 bits per heavy atom. The number of ether oxygens (including phenoxy) is 1. The number of aryl methyl sites for hydroxylation is 1. The minimum absolute atomic E-state index is 0.199. The van der Waals surface area contributed by atoms with E-state index in [9.17, 15) is 14.0 Å². The summed E-state index contributed by atoms with van der Waals surface area (Å²) in [5.41, 5.74) is 2.70. The number of halogens is 1. The van der Waals surface area contributed by atoms with Crippen molar-refractivity contribution in [2.45, 2.75) is 39.5 Å². The highest BCUT2D eigenvalue weighted by Crippen LogP contribution is 2.29. The molecule has 1 atom stereocenters. The molecule has 2 amide bonds. The highest BCUT2D eigenvalue weighted by molar-refractivity contribution is 5.90. The summed E-state index contributed by atoms with van der Waals surface area (Å²) in [4.78, 5) is 24.6. The summed E-state index contributed by atoms with van der Waals surface area (Å²) in [5.74, 6) is 1.25. The Kier molecular flexibility index (Phi) is 7.27. The molecule has 0 spiro atoms. The van der Waals surface area contributed by atoms with Crippen molar-refractivity contribution in [3.05, 3.63) is 77.5 Å². The maximum absolute atomic E-state index is 14.9. The lowest BCUT2D eigenvalue weighted by Crippen LogP contribution is -2.33. The first-order chi connectivity index (χ1) is 16.4. The molecule has 178 valence electrons. The first-order valence-electron chi connectivity index (χ1n) is 11.3. The number of rotatable bonds is 9. The number of nitrogens with one attached hydrogen (secondary N) is 2. The van der Waals surface area contributed by atoms with E-state index < -0.39 is 18.0 Å². The van der Waals surface area contributed by atoms with Crippen LogP contribution in [0.5, 0.6) is 0 Å². The smallest absolute Gasteiger partial charge is 0.414 e. The van der Waals surface area contributed by atoms with Crippen molar-refractivity contribution in [2.24, 2.45) is 0 Å². The lowest BCUT2D eigenvalue weighted by atomic mass is 10.0. The predicted octanol–water partition coefficient (Wildman–Crippen LogP) is 4.40. The molecule has 34 heavy (non-hydrogen) atoms. The number of carbonyl (C=O) groups excluding carboxylic acids is 2. The molecule has 1 aliphatic rings. The number of cyclic esters (lactones) is 1. The first kappa shape index (κ1) is 23.5. The van der Waals surface area contributed by atoms with E-state index in [1.165, 1.54) is 17.9 Å². The molecule has 2 N–H and O–H groups in total. The van der Waals surface area contributed by atoms with E-state index in [4.69, 9.17) is 9.15 Å². The third-order valence-corrected chi connectivity index (χ3v) is 5.68. The van der Waals surface area contributed by atoms with Crippen LogP contribution in [0.3, 0.4) is 0 Å². The van der Waals surface area contributed by atoms with Crippen molar-refractivity contribution in [2.75, 3.05) is 18.0 Å². The Bertz CT molecular complexity index is 1160. The standard InChI is InChI=1S/C26H28FN3O4/c1-3-21-9-10-22(33-21)14-28-13-18-4-6-19(7-5-18)24-11-8-20(12-25(24)27)30-16-23(34-26(30)32)15-29-17(2)31/h4-12,23,28H,3,13-16H2,1-2H3,(H,29,31)/t23-/m0/s1. The number of hydrogen-bond acceptors (Lipinski definition) is 5. The van der Waals surface area contributed by atoms with Gasteiger partial charge in [0, 0.05) is 25.5 Å². The van der Waals surface area contributed by atoms with Crippen molar-refractivity contribution in [3.8, 4) is 11.1 Å². The Morgan fingerprint density at radius 3 is 2.53 bits per heavy atom. The maximum atomic E-state index is 14.9. The lowest BCUT2D eigenvalue weighted by Gasteiger charge is -2.15. The molecule has 1 aliphatic heterocycles. The van der Waals surface area contributed by atoms with Gasteiger partial charge in [-0.05, 0) is 41.5 Å². The van der Waals surface area contributed by atoms with Crippen molar-refractivity contribution < 1.29 is 23.1 Å². The van der Waals surface area contributed by atoms with Crippen LogP contribution in [-0.2, 0) is 29.0 Å². The van der Waals surface area contributed by atoms with Crippen molar-refractivity contribution in [1.82, 2.24) is 10.6 Å². The van der Waals surface area contributed by atoms with Gasteiger partial charge in [-0.1, -0.05) is 31.2 Å². The minimum Gasteiger partial charge on any atom is -0.465 e. The lowest BCUT2D eigenvalue weighted by molar-refractivity contribution is -0.119. The molecule has 3 aromatic rings. The molecule has 7 nitrogen and oxygen atoms in total. The van der Waals surface area contributed by atoms with Crippen LogP contribution in [0.4, 0.5) is 14.9 Å². The van der Waals surface area contributed by atoms with Gasteiger partial charge in [0.25, 0.3) is 0 Å². The summed E-state index contributed by atoms with van der Waals surface area (Å²) in [6.07, 6.45) is -0.151. The third kappa shape index (κ3) is 5.63. The quantitative estimate of drug-likeness (QED) is 0.489. The Labute approximate surface area is 197 Å². The third-order valence-electron chi connectivity index (χ3n) is 5.68. The van der Waals surface area contributed by atoms with Crippen molar-refractivity contribution in [3.63, 3.8) is 0 Å². The van der Waals surface area contributed by atoms with Gasteiger partial charge in [-0.25, -0.2) is 9.18 Å². The second-order valence-corrected chi connectivity index (χ2v) is 8.24. The summed E-state index contributed by atoms with van der Waals surface area (Å²) >= 11 is 0. The number of anilines is 1. The van der Waals surface area contributed by atoms with Crippen LogP contribution >= 0.6 is 0 Å². The van der Waals surface area contributed by atoms with E-state index in [1.54, 1.807) is 12.1 Å². The molecule has 2 heterocycles. The van der Waals surface area contributed by atoms with Crippen LogP contribution in [0.1, 0.15) is 30.9 Å². The topological polar surface area (TPSA) is 83.8 Å². The zero-order valence-electron chi connectivity index (χ0n) is 19.3. The maximum Gasteiger partial charge on any atom is 0.414 e.